The number of benzene rings is 1. The van der Waals surface area contributed by atoms with E-state index in [0.717, 1.165) is 46.2 Å². The van der Waals surface area contributed by atoms with Crippen LogP contribution in [0.2, 0.25) is 0 Å². The Balaban J connectivity index is 1.36. The molecule has 3 heterocycles. The Kier molecular flexibility index (Phi) is 4.17. The molecule has 25 heavy (non-hydrogen) atoms. The van der Waals surface area contributed by atoms with Crippen molar-refractivity contribution in [1.82, 2.24) is 19.7 Å². The maximum absolute atomic E-state index is 12.5. The zero-order chi connectivity index (χ0) is 17.4. The molecule has 1 aliphatic heterocycles. The Bertz CT molecular complexity index is 882. The lowest BCUT2D eigenvalue weighted by atomic mass is 10.2. The van der Waals surface area contributed by atoms with Crippen molar-refractivity contribution in [2.45, 2.75) is 26.3 Å². The summed E-state index contributed by atoms with van der Waals surface area (Å²) in [7, 11) is 0. The first kappa shape index (κ1) is 16.1. The van der Waals surface area contributed by atoms with Crippen molar-refractivity contribution in [2.75, 3.05) is 25.0 Å². The van der Waals surface area contributed by atoms with Crippen molar-refractivity contribution in [3.8, 4) is 0 Å². The molecule has 3 aromatic rings. The van der Waals surface area contributed by atoms with Crippen molar-refractivity contribution in [3.05, 3.63) is 41.7 Å². The van der Waals surface area contributed by atoms with Gasteiger partial charge in [0.05, 0.1) is 28.5 Å². The third-order valence-electron chi connectivity index (χ3n) is 4.59. The van der Waals surface area contributed by atoms with Crippen LogP contribution in [0.25, 0.3) is 10.2 Å². The molecule has 0 radical (unpaired) electrons. The number of aromatic nitrogens is 3. The van der Waals surface area contributed by atoms with Gasteiger partial charge in [-0.2, -0.15) is 5.10 Å². The molecule has 1 aromatic carbocycles. The van der Waals surface area contributed by atoms with Crippen LogP contribution in [0.1, 0.15) is 23.9 Å². The normalized spacial score (nSPS) is 17.4. The van der Waals surface area contributed by atoms with Crippen LogP contribution >= 0.6 is 11.3 Å². The molecule has 0 spiro atoms. The first-order valence-electron chi connectivity index (χ1n) is 8.50. The van der Waals surface area contributed by atoms with Gasteiger partial charge in [0.1, 0.15) is 0 Å². The zero-order valence-electron chi connectivity index (χ0n) is 14.4. The van der Waals surface area contributed by atoms with E-state index in [9.17, 15) is 4.79 Å². The SMILES string of the molecule is Cc1cc(C)n(C2CCN(C(=O)CNc3nc4ccccc4s3)C2)n1. The number of para-hydroxylation sites is 1. The Labute approximate surface area is 150 Å². The average molecular weight is 355 g/mol. The van der Waals surface area contributed by atoms with E-state index < -0.39 is 0 Å². The average Bonchev–Trinajstić information content (AvgIpc) is 3.30. The number of nitrogens with zero attached hydrogens (tertiary/aromatic N) is 4. The van der Waals surface area contributed by atoms with E-state index in [4.69, 9.17) is 0 Å². The van der Waals surface area contributed by atoms with Crippen LogP contribution in [-0.2, 0) is 4.79 Å². The first-order valence-corrected chi connectivity index (χ1v) is 9.32. The van der Waals surface area contributed by atoms with Crippen LogP contribution in [0.15, 0.2) is 30.3 Å². The minimum Gasteiger partial charge on any atom is -0.352 e. The number of carbonyl (C=O) groups is 1. The highest BCUT2D eigenvalue weighted by atomic mass is 32.1. The highest BCUT2D eigenvalue weighted by Crippen LogP contribution is 2.26. The van der Waals surface area contributed by atoms with Crippen molar-refractivity contribution in [3.63, 3.8) is 0 Å². The monoisotopic (exact) mass is 355 g/mol. The maximum atomic E-state index is 12.5. The molecule has 1 saturated heterocycles. The summed E-state index contributed by atoms with van der Waals surface area (Å²) in [6.45, 7) is 5.86. The van der Waals surface area contributed by atoms with E-state index in [2.05, 4.69) is 33.1 Å². The van der Waals surface area contributed by atoms with Gasteiger partial charge in [0, 0.05) is 18.8 Å². The van der Waals surface area contributed by atoms with Crippen molar-refractivity contribution in [2.24, 2.45) is 0 Å². The fourth-order valence-corrected chi connectivity index (χ4v) is 4.26. The molecule has 7 heteroatoms. The van der Waals surface area contributed by atoms with Gasteiger partial charge in [-0.05, 0) is 38.5 Å². The quantitative estimate of drug-likeness (QED) is 0.781. The number of rotatable bonds is 4. The minimum atomic E-state index is 0.114. The van der Waals surface area contributed by atoms with Crippen molar-refractivity contribution < 1.29 is 4.79 Å². The van der Waals surface area contributed by atoms with Crippen LogP contribution in [-0.4, -0.2) is 45.2 Å². The van der Waals surface area contributed by atoms with E-state index in [0.29, 0.717) is 0 Å². The number of hydrogen-bond donors (Lipinski definition) is 1. The first-order chi connectivity index (χ1) is 12.1. The molecule has 6 nitrogen and oxygen atoms in total. The zero-order valence-corrected chi connectivity index (χ0v) is 15.2. The molecule has 1 atom stereocenters. The summed E-state index contributed by atoms with van der Waals surface area (Å²) in [5.41, 5.74) is 3.15. The Morgan fingerprint density at radius 3 is 2.96 bits per heavy atom. The maximum Gasteiger partial charge on any atom is 0.242 e. The highest BCUT2D eigenvalue weighted by Gasteiger charge is 2.28. The summed E-state index contributed by atoms with van der Waals surface area (Å²) in [6.07, 6.45) is 0.953. The number of carbonyl (C=O) groups excluding carboxylic acids is 1. The number of likely N-dealkylation sites (tertiary alicyclic amines) is 1. The molecule has 0 aliphatic carbocycles. The number of aryl methyl sites for hydroxylation is 2. The predicted octanol–water partition coefficient (Wildman–Crippen LogP) is 3.00. The van der Waals surface area contributed by atoms with Crippen molar-refractivity contribution in [1.29, 1.82) is 0 Å². The Hall–Kier alpha value is -2.41. The molecule has 2 aromatic heterocycles. The highest BCUT2D eigenvalue weighted by molar-refractivity contribution is 7.22. The largest absolute Gasteiger partial charge is 0.352 e. The van der Waals surface area contributed by atoms with E-state index >= 15 is 0 Å². The number of amides is 1. The number of thiazole rings is 1. The molecule has 1 fully saturated rings. The third-order valence-corrected chi connectivity index (χ3v) is 5.59. The van der Waals surface area contributed by atoms with E-state index in [1.807, 2.05) is 36.1 Å². The summed E-state index contributed by atoms with van der Waals surface area (Å²) in [4.78, 5) is 18.9. The summed E-state index contributed by atoms with van der Waals surface area (Å²) in [5, 5.41) is 8.53. The van der Waals surface area contributed by atoms with Gasteiger partial charge >= 0.3 is 0 Å². The second-order valence-corrected chi connectivity index (χ2v) is 7.52. The molecule has 1 aliphatic rings. The number of nitrogens with one attached hydrogen (secondary N) is 1. The Morgan fingerprint density at radius 2 is 2.20 bits per heavy atom. The van der Waals surface area contributed by atoms with Gasteiger partial charge in [0.25, 0.3) is 0 Å². The predicted molar refractivity (Wildman–Crippen MR) is 100 cm³/mol. The summed E-state index contributed by atoms with van der Waals surface area (Å²) >= 11 is 1.58. The van der Waals surface area contributed by atoms with Crippen LogP contribution in [0.3, 0.4) is 0 Å². The van der Waals surface area contributed by atoms with Crippen molar-refractivity contribution >= 4 is 32.6 Å². The summed E-state index contributed by atoms with van der Waals surface area (Å²) in [5.74, 6) is 0.114. The summed E-state index contributed by atoms with van der Waals surface area (Å²) < 4.78 is 3.19. The number of anilines is 1. The fourth-order valence-electron chi connectivity index (χ4n) is 3.39. The molecule has 1 amide bonds. The van der Waals surface area contributed by atoms with E-state index in [1.165, 1.54) is 0 Å². The lowest BCUT2D eigenvalue weighted by Gasteiger charge is -2.17. The summed E-state index contributed by atoms with van der Waals surface area (Å²) in [6, 6.07) is 10.4. The number of fused-ring (bicyclic) bond motifs is 1. The van der Waals surface area contributed by atoms with Gasteiger partial charge < -0.3 is 10.2 Å². The van der Waals surface area contributed by atoms with Crippen LogP contribution in [0, 0.1) is 13.8 Å². The lowest BCUT2D eigenvalue weighted by molar-refractivity contribution is -0.128. The van der Waals surface area contributed by atoms with Crippen LogP contribution < -0.4 is 5.32 Å². The molecular weight excluding hydrogens is 334 g/mol. The van der Waals surface area contributed by atoms with Gasteiger partial charge in [-0.1, -0.05) is 23.5 Å². The molecule has 1 unspecified atom stereocenters. The lowest BCUT2D eigenvalue weighted by Crippen LogP contribution is -2.34. The molecule has 0 saturated carbocycles. The minimum absolute atomic E-state index is 0.114. The second-order valence-electron chi connectivity index (χ2n) is 6.49. The van der Waals surface area contributed by atoms with Gasteiger partial charge in [0.15, 0.2) is 5.13 Å². The fraction of sp³-hybridized carbons (Fsp3) is 0.389. The molecule has 130 valence electrons. The molecular formula is C18H21N5OS. The topological polar surface area (TPSA) is 63.1 Å². The number of hydrogen-bond acceptors (Lipinski definition) is 5. The van der Waals surface area contributed by atoms with Gasteiger partial charge in [-0.3, -0.25) is 9.48 Å². The van der Waals surface area contributed by atoms with E-state index in [1.54, 1.807) is 11.3 Å². The molecule has 0 bridgehead atoms. The standard InChI is InChI=1S/C18H21N5OS/c1-12-9-13(2)23(21-12)14-7-8-22(11-14)17(24)10-19-18-20-15-5-3-4-6-16(15)25-18/h3-6,9,14H,7-8,10-11H2,1-2H3,(H,19,20). The van der Waals surface area contributed by atoms with Gasteiger partial charge in [-0.25, -0.2) is 4.98 Å². The van der Waals surface area contributed by atoms with Crippen LogP contribution in [0.5, 0.6) is 0 Å². The smallest absolute Gasteiger partial charge is 0.242 e. The van der Waals surface area contributed by atoms with Crippen LogP contribution in [0.4, 0.5) is 5.13 Å². The Morgan fingerprint density at radius 1 is 1.36 bits per heavy atom. The van der Waals surface area contributed by atoms with Gasteiger partial charge in [0.2, 0.25) is 5.91 Å². The second kappa shape index (κ2) is 6.48. The third kappa shape index (κ3) is 3.24. The van der Waals surface area contributed by atoms with Gasteiger partial charge in [-0.15, -0.1) is 0 Å². The van der Waals surface area contributed by atoms with E-state index in [-0.39, 0.29) is 18.5 Å². The molecule has 4 rings (SSSR count). The molecule has 1 N–H and O–H groups in total.